The van der Waals surface area contributed by atoms with Crippen LogP contribution in [-0.2, 0) is 0 Å². The van der Waals surface area contributed by atoms with E-state index in [1.54, 1.807) is 6.07 Å². The minimum atomic E-state index is 0.0705. The summed E-state index contributed by atoms with van der Waals surface area (Å²) in [5.74, 6) is 0.478. The Morgan fingerprint density at radius 1 is 1.04 bits per heavy atom. The maximum Gasteiger partial charge on any atom is 0.317 e. The lowest BCUT2D eigenvalue weighted by Gasteiger charge is -2.35. The summed E-state index contributed by atoms with van der Waals surface area (Å²) >= 11 is 12.2. The highest BCUT2D eigenvalue weighted by molar-refractivity contribution is 6.34. The summed E-state index contributed by atoms with van der Waals surface area (Å²) in [5.41, 5.74) is 1.22. The van der Waals surface area contributed by atoms with E-state index in [0.29, 0.717) is 22.0 Å². The Morgan fingerprint density at radius 3 is 2.24 bits per heavy atom. The van der Waals surface area contributed by atoms with Crippen molar-refractivity contribution >= 4 is 29.2 Å². The summed E-state index contributed by atoms with van der Waals surface area (Å²) in [5, 5.41) is 7.96. The SMILES string of the molecule is CN(C(=O)NC1CCC(c2cc(Cl)cc(Cl)c2)CC1)C1CCNCC1. The predicted octanol–water partition coefficient (Wildman–Crippen LogP) is 4.41. The molecular weight excluding hydrogens is 357 g/mol. The molecule has 1 aromatic carbocycles. The number of amides is 2. The van der Waals surface area contributed by atoms with Gasteiger partial charge in [-0.3, -0.25) is 0 Å². The van der Waals surface area contributed by atoms with Crippen LogP contribution in [0, 0.1) is 0 Å². The Kier molecular flexibility index (Phi) is 6.48. The summed E-state index contributed by atoms with van der Waals surface area (Å²) in [6, 6.07) is 6.49. The highest BCUT2D eigenvalue weighted by Crippen LogP contribution is 2.35. The van der Waals surface area contributed by atoms with Crippen LogP contribution in [0.4, 0.5) is 4.79 Å². The van der Waals surface area contributed by atoms with E-state index in [0.717, 1.165) is 51.6 Å². The molecule has 0 spiro atoms. The zero-order valence-electron chi connectivity index (χ0n) is 14.7. The molecule has 1 saturated carbocycles. The third kappa shape index (κ3) is 5.02. The fourth-order valence-electron chi connectivity index (χ4n) is 4.02. The second-order valence-corrected chi connectivity index (χ2v) is 8.17. The van der Waals surface area contributed by atoms with Crippen LogP contribution < -0.4 is 10.6 Å². The molecule has 1 aliphatic carbocycles. The van der Waals surface area contributed by atoms with Crippen molar-refractivity contribution in [3.63, 3.8) is 0 Å². The lowest BCUT2D eigenvalue weighted by atomic mass is 9.82. The van der Waals surface area contributed by atoms with E-state index in [9.17, 15) is 4.79 Å². The molecule has 2 N–H and O–H groups in total. The van der Waals surface area contributed by atoms with Gasteiger partial charge in [0.1, 0.15) is 0 Å². The number of piperidine rings is 1. The smallest absolute Gasteiger partial charge is 0.317 e. The summed E-state index contributed by atoms with van der Waals surface area (Å²) in [6.07, 6.45) is 6.18. The van der Waals surface area contributed by atoms with Gasteiger partial charge in [0.2, 0.25) is 0 Å². The van der Waals surface area contributed by atoms with E-state index < -0.39 is 0 Å². The molecule has 0 aromatic heterocycles. The van der Waals surface area contributed by atoms with Gasteiger partial charge in [-0.1, -0.05) is 23.2 Å². The zero-order valence-corrected chi connectivity index (χ0v) is 16.2. The van der Waals surface area contributed by atoms with E-state index in [-0.39, 0.29) is 12.1 Å². The largest absolute Gasteiger partial charge is 0.335 e. The van der Waals surface area contributed by atoms with E-state index in [1.165, 1.54) is 5.56 Å². The molecule has 0 atom stereocenters. The second kappa shape index (κ2) is 8.61. The van der Waals surface area contributed by atoms with Crippen LogP contribution >= 0.6 is 23.2 Å². The fourth-order valence-corrected chi connectivity index (χ4v) is 4.56. The summed E-state index contributed by atoms with van der Waals surface area (Å²) in [6.45, 7) is 1.99. The lowest BCUT2D eigenvalue weighted by Crippen LogP contribution is -2.50. The summed E-state index contributed by atoms with van der Waals surface area (Å²) < 4.78 is 0. The molecule has 3 rings (SSSR count). The van der Waals surface area contributed by atoms with E-state index in [2.05, 4.69) is 10.6 Å². The number of rotatable bonds is 3. The molecule has 1 heterocycles. The topological polar surface area (TPSA) is 44.4 Å². The molecule has 4 nitrogen and oxygen atoms in total. The average molecular weight is 384 g/mol. The summed E-state index contributed by atoms with van der Waals surface area (Å²) in [7, 11) is 1.92. The quantitative estimate of drug-likeness (QED) is 0.811. The first kappa shape index (κ1) is 18.8. The monoisotopic (exact) mass is 383 g/mol. The molecule has 6 heteroatoms. The molecule has 1 aromatic rings. The third-order valence-corrected chi connectivity index (χ3v) is 6.02. The molecule has 2 amide bonds. The van der Waals surface area contributed by atoms with E-state index in [4.69, 9.17) is 23.2 Å². The average Bonchev–Trinajstić information content (AvgIpc) is 2.61. The number of hydrogen-bond acceptors (Lipinski definition) is 2. The van der Waals surface area contributed by atoms with Gasteiger partial charge in [0, 0.05) is 29.2 Å². The van der Waals surface area contributed by atoms with Gasteiger partial charge in [0.15, 0.2) is 0 Å². The molecule has 0 unspecified atom stereocenters. The Bertz CT molecular complexity index is 576. The van der Waals surface area contributed by atoms with Crippen LogP contribution in [0.3, 0.4) is 0 Å². The van der Waals surface area contributed by atoms with Crippen LogP contribution in [0.2, 0.25) is 10.0 Å². The van der Waals surface area contributed by atoms with Crippen molar-refractivity contribution in [2.24, 2.45) is 0 Å². The maximum atomic E-state index is 12.5. The maximum absolute atomic E-state index is 12.5. The molecule has 1 aliphatic heterocycles. The number of nitrogens with zero attached hydrogens (tertiary/aromatic N) is 1. The molecule has 2 aliphatic rings. The summed E-state index contributed by atoms with van der Waals surface area (Å²) in [4.78, 5) is 14.4. The van der Waals surface area contributed by atoms with Crippen molar-refractivity contribution in [2.75, 3.05) is 20.1 Å². The van der Waals surface area contributed by atoms with Gasteiger partial charge in [0.05, 0.1) is 0 Å². The normalized spacial score (nSPS) is 24.8. The van der Waals surface area contributed by atoms with Gasteiger partial charge in [-0.15, -0.1) is 0 Å². The Balaban J connectivity index is 1.49. The number of benzene rings is 1. The highest BCUT2D eigenvalue weighted by atomic mass is 35.5. The minimum Gasteiger partial charge on any atom is -0.335 e. The van der Waals surface area contributed by atoms with Crippen molar-refractivity contribution in [1.29, 1.82) is 0 Å². The number of carbonyl (C=O) groups is 1. The zero-order chi connectivity index (χ0) is 17.8. The van der Waals surface area contributed by atoms with E-state index in [1.807, 2.05) is 24.1 Å². The Morgan fingerprint density at radius 2 is 1.64 bits per heavy atom. The van der Waals surface area contributed by atoms with Gasteiger partial charge in [0.25, 0.3) is 0 Å². The first-order chi connectivity index (χ1) is 12.0. The molecular formula is C19H27Cl2N3O. The fraction of sp³-hybridized carbons (Fsp3) is 0.632. The number of carbonyl (C=O) groups excluding carboxylic acids is 1. The minimum absolute atomic E-state index is 0.0705. The van der Waals surface area contributed by atoms with Crippen molar-refractivity contribution in [3.8, 4) is 0 Å². The molecule has 25 heavy (non-hydrogen) atoms. The highest BCUT2D eigenvalue weighted by Gasteiger charge is 2.27. The molecule has 1 saturated heterocycles. The standard InChI is InChI=1S/C19H27Cl2N3O/c1-24(18-6-8-22-9-7-18)19(25)23-17-4-2-13(3-5-17)14-10-15(20)12-16(21)11-14/h10-13,17-18,22H,2-9H2,1H3,(H,23,25). The molecule has 2 fully saturated rings. The lowest BCUT2D eigenvalue weighted by molar-refractivity contribution is 0.169. The number of halogens is 2. The molecule has 138 valence electrons. The van der Waals surface area contributed by atoms with Crippen LogP contribution in [0.1, 0.15) is 50.0 Å². The second-order valence-electron chi connectivity index (χ2n) is 7.29. The van der Waals surface area contributed by atoms with Crippen LogP contribution in [0.15, 0.2) is 18.2 Å². The van der Waals surface area contributed by atoms with Crippen molar-refractivity contribution < 1.29 is 4.79 Å². The molecule has 0 bridgehead atoms. The third-order valence-electron chi connectivity index (χ3n) is 5.59. The first-order valence-electron chi connectivity index (χ1n) is 9.23. The van der Waals surface area contributed by atoms with Crippen LogP contribution in [-0.4, -0.2) is 43.2 Å². The van der Waals surface area contributed by atoms with Crippen molar-refractivity contribution in [3.05, 3.63) is 33.8 Å². The van der Waals surface area contributed by atoms with Gasteiger partial charge in [-0.05, 0) is 81.3 Å². The number of nitrogens with one attached hydrogen (secondary N) is 2. The van der Waals surface area contributed by atoms with Gasteiger partial charge in [-0.2, -0.15) is 0 Å². The van der Waals surface area contributed by atoms with Crippen LogP contribution in [0.25, 0.3) is 0 Å². The van der Waals surface area contributed by atoms with Crippen molar-refractivity contribution in [1.82, 2.24) is 15.5 Å². The predicted molar refractivity (Wildman–Crippen MR) is 104 cm³/mol. The number of urea groups is 1. The Hall–Kier alpha value is -0.970. The van der Waals surface area contributed by atoms with Crippen molar-refractivity contribution in [2.45, 2.75) is 56.5 Å². The van der Waals surface area contributed by atoms with Gasteiger partial charge >= 0.3 is 6.03 Å². The molecule has 0 radical (unpaired) electrons. The van der Waals surface area contributed by atoms with Crippen LogP contribution in [0.5, 0.6) is 0 Å². The first-order valence-corrected chi connectivity index (χ1v) is 9.98. The van der Waals surface area contributed by atoms with E-state index >= 15 is 0 Å². The number of hydrogen-bond donors (Lipinski definition) is 2. The van der Waals surface area contributed by atoms with Gasteiger partial charge in [-0.25, -0.2) is 4.79 Å². The Labute approximate surface area is 160 Å². The van der Waals surface area contributed by atoms with Gasteiger partial charge < -0.3 is 15.5 Å².